The molecule has 3 aromatic rings. The molecule has 1 aliphatic heterocycles. The van der Waals surface area contributed by atoms with Gasteiger partial charge in [-0.15, -0.1) is 0 Å². The summed E-state index contributed by atoms with van der Waals surface area (Å²) in [6.45, 7) is 1.51. The molecular weight excluding hydrogens is 400 g/mol. The van der Waals surface area contributed by atoms with Crippen LogP contribution in [0.3, 0.4) is 0 Å². The standard InChI is InChI=1S/C27H32N2O3/c1-31-26-14-20-12-13-29(18-30)25(23(20)15-27(26)32-17-19-10-11-19)9-5-2-6-21-16-28-24-8-4-3-7-22(21)24/h3-4,7-8,14-16,18-19,25,28H,2,5-6,9-13,17H2,1H3. The average molecular weight is 433 g/mol. The Labute approximate surface area is 189 Å². The lowest BCUT2D eigenvalue weighted by Gasteiger charge is -2.35. The van der Waals surface area contributed by atoms with E-state index in [2.05, 4.69) is 47.6 Å². The number of hydrogen-bond acceptors (Lipinski definition) is 3. The maximum atomic E-state index is 11.8. The second-order valence-corrected chi connectivity index (χ2v) is 9.17. The third-order valence-electron chi connectivity index (χ3n) is 6.98. The third-order valence-corrected chi connectivity index (χ3v) is 6.98. The molecule has 1 aromatic heterocycles. The molecule has 5 heteroatoms. The molecule has 0 spiro atoms. The van der Waals surface area contributed by atoms with Crippen LogP contribution in [0.15, 0.2) is 42.6 Å². The quantitative estimate of drug-likeness (QED) is 0.343. The van der Waals surface area contributed by atoms with Gasteiger partial charge in [-0.1, -0.05) is 24.6 Å². The van der Waals surface area contributed by atoms with Crippen LogP contribution in [0.25, 0.3) is 10.9 Å². The summed E-state index contributed by atoms with van der Waals surface area (Å²) in [4.78, 5) is 17.2. The molecule has 1 amide bonds. The van der Waals surface area contributed by atoms with E-state index in [4.69, 9.17) is 9.47 Å². The van der Waals surface area contributed by atoms with Crippen molar-refractivity contribution in [2.75, 3.05) is 20.3 Å². The van der Waals surface area contributed by atoms with Crippen molar-refractivity contribution >= 4 is 17.3 Å². The highest BCUT2D eigenvalue weighted by Gasteiger charge is 2.29. The van der Waals surface area contributed by atoms with Crippen LogP contribution in [0.4, 0.5) is 0 Å². The fourth-order valence-corrected chi connectivity index (χ4v) is 4.93. The highest BCUT2D eigenvalue weighted by molar-refractivity contribution is 5.83. The highest BCUT2D eigenvalue weighted by Crippen LogP contribution is 2.40. The van der Waals surface area contributed by atoms with Crippen molar-refractivity contribution in [2.24, 2.45) is 5.92 Å². The van der Waals surface area contributed by atoms with Crippen LogP contribution >= 0.6 is 0 Å². The van der Waals surface area contributed by atoms with Gasteiger partial charge >= 0.3 is 0 Å². The summed E-state index contributed by atoms with van der Waals surface area (Å²) >= 11 is 0. The van der Waals surface area contributed by atoms with Crippen LogP contribution in [-0.4, -0.2) is 36.6 Å². The van der Waals surface area contributed by atoms with Gasteiger partial charge in [0.15, 0.2) is 11.5 Å². The van der Waals surface area contributed by atoms with Gasteiger partial charge in [-0.25, -0.2) is 0 Å². The number of hydrogen-bond donors (Lipinski definition) is 1. The summed E-state index contributed by atoms with van der Waals surface area (Å²) in [6, 6.07) is 12.8. The van der Waals surface area contributed by atoms with E-state index in [0.717, 1.165) is 63.2 Å². The van der Waals surface area contributed by atoms with Gasteiger partial charge in [-0.3, -0.25) is 4.79 Å². The van der Waals surface area contributed by atoms with Crippen molar-refractivity contribution in [3.8, 4) is 11.5 Å². The summed E-state index contributed by atoms with van der Waals surface area (Å²) in [7, 11) is 1.70. The SMILES string of the molecule is COc1cc2c(cc1OCC1CC1)C(CCCCc1c[nH]c3ccccc13)N(C=O)CC2. The van der Waals surface area contributed by atoms with Crippen LogP contribution < -0.4 is 9.47 Å². The number of H-pyrrole nitrogens is 1. The first-order chi connectivity index (χ1) is 15.8. The Bertz CT molecular complexity index is 1090. The van der Waals surface area contributed by atoms with E-state index in [-0.39, 0.29) is 6.04 Å². The lowest BCUT2D eigenvalue weighted by atomic mass is 9.89. The zero-order chi connectivity index (χ0) is 21.9. The van der Waals surface area contributed by atoms with Gasteiger partial charge in [0.1, 0.15) is 0 Å². The lowest BCUT2D eigenvalue weighted by molar-refractivity contribution is -0.120. The fourth-order valence-electron chi connectivity index (χ4n) is 4.93. The summed E-state index contributed by atoms with van der Waals surface area (Å²) in [5.41, 5.74) is 5.07. The number of aromatic nitrogens is 1. The molecule has 0 saturated heterocycles. The number of carbonyl (C=O) groups is 1. The number of rotatable bonds is 10. The van der Waals surface area contributed by atoms with Crippen LogP contribution in [0.2, 0.25) is 0 Å². The Morgan fingerprint density at radius 1 is 1.16 bits per heavy atom. The van der Waals surface area contributed by atoms with E-state index in [9.17, 15) is 4.79 Å². The first-order valence-corrected chi connectivity index (χ1v) is 11.9. The summed E-state index contributed by atoms with van der Waals surface area (Å²) < 4.78 is 11.7. The van der Waals surface area contributed by atoms with E-state index in [1.54, 1.807) is 7.11 Å². The number of ether oxygens (including phenoxy) is 2. The van der Waals surface area contributed by atoms with Crippen LogP contribution in [0.5, 0.6) is 11.5 Å². The second kappa shape index (κ2) is 9.27. The highest BCUT2D eigenvalue weighted by atomic mass is 16.5. The number of amides is 1. The Hall–Kier alpha value is -2.95. The van der Waals surface area contributed by atoms with Crippen LogP contribution in [-0.2, 0) is 17.6 Å². The van der Waals surface area contributed by atoms with Crippen molar-refractivity contribution in [3.05, 3.63) is 59.3 Å². The maximum absolute atomic E-state index is 11.8. The third kappa shape index (κ3) is 4.34. The molecule has 1 N–H and O–H groups in total. The Morgan fingerprint density at radius 3 is 2.84 bits per heavy atom. The Morgan fingerprint density at radius 2 is 2.03 bits per heavy atom. The predicted molar refractivity (Wildman–Crippen MR) is 126 cm³/mol. The molecule has 1 atom stereocenters. The van der Waals surface area contributed by atoms with Gasteiger partial charge in [-0.2, -0.15) is 0 Å². The van der Waals surface area contributed by atoms with Crippen molar-refractivity contribution in [3.63, 3.8) is 0 Å². The number of carbonyl (C=O) groups excluding carboxylic acids is 1. The molecule has 5 nitrogen and oxygen atoms in total. The first kappa shape index (κ1) is 20.9. The lowest BCUT2D eigenvalue weighted by Crippen LogP contribution is -2.34. The van der Waals surface area contributed by atoms with Gasteiger partial charge in [0.2, 0.25) is 6.41 Å². The molecule has 5 rings (SSSR count). The number of fused-ring (bicyclic) bond motifs is 2. The summed E-state index contributed by atoms with van der Waals surface area (Å²) in [5.74, 6) is 2.30. The largest absolute Gasteiger partial charge is 0.493 e. The Balaban J connectivity index is 1.29. The molecule has 168 valence electrons. The van der Waals surface area contributed by atoms with Gasteiger partial charge in [0.25, 0.3) is 0 Å². The van der Waals surface area contributed by atoms with Gasteiger partial charge < -0.3 is 19.4 Å². The molecule has 2 heterocycles. The number of unbranched alkanes of at least 4 members (excludes halogenated alkanes) is 1. The van der Waals surface area contributed by atoms with Crippen molar-refractivity contribution in [2.45, 2.75) is 51.0 Å². The first-order valence-electron chi connectivity index (χ1n) is 11.9. The summed E-state index contributed by atoms with van der Waals surface area (Å²) in [6.07, 6.45) is 10.7. The molecular formula is C27H32N2O3. The average Bonchev–Trinajstić information content (AvgIpc) is 3.58. The minimum absolute atomic E-state index is 0.105. The maximum Gasteiger partial charge on any atom is 0.210 e. The van der Waals surface area contributed by atoms with Crippen LogP contribution in [0, 0.1) is 5.92 Å². The predicted octanol–water partition coefficient (Wildman–Crippen LogP) is 5.43. The number of benzene rings is 2. The fraction of sp³-hybridized carbons (Fsp3) is 0.444. The van der Waals surface area contributed by atoms with Crippen molar-refractivity contribution < 1.29 is 14.3 Å². The zero-order valence-corrected chi connectivity index (χ0v) is 18.8. The molecule has 1 saturated carbocycles. The monoisotopic (exact) mass is 432 g/mol. The number of nitrogens with zero attached hydrogens (tertiary/aromatic N) is 1. The summed E-state index contributed by atoms with van der Waals surface area (Å²) in [5, 5.41) is 1.31. The van der Waals surface area contributed by atoms with E-state index < -0.39 is 0 Å². The van der Waals surface area contributed by atoms with E-state index in [1.807, 2.05) is 4.90 Å². The van der Waals surface area contributed by atoms with E-state index >= 15 is 0 Å². The molecule has 0 bridgehead atoms. The Kier molecular flexibility index (Phi) is 6.06. The van der Waals surface area contributed by atoms with Gasteiger partial charge in [0, 0.05) is 23.6 Å². The second-order valence-electron chi connectivity index (χ2n) is 9.17. The molecule has 1 fully saturated rings. The molecule has 1 aliphatic carbocycles. The molecule has 2 aliphatic rings. The number of aromatic amines is 1. The number of methoxy groups -OCH3 is 1. The van der Waals surface area contributed by atoms with Crippen molar-refractivity contribution in [1.82, 2.24) is 9.88 Å². The van der Waals surface area contributed by atoms with E-state index in [1.165, 1.54) is 40.4 Å². The van der Waals surface area contributed by atoms with E-state index in [0.29, 0.717) is 5.92 Å². The molecule has 1 unspecified atom stereocenters. The zero-order valence-electron chi connectivity index (χ0n) is 18.8. The molecule has 32 heavy (non-hydrogen) atoms. The smallest absolute Gasteiger partial charge is 0.210 e. The molecule has 0 radical (unpaired) electrons. The van der Waals surface area contributed by atoms with Gasteiger partial charge in [0.05, 0.1) is 19.8 Å². The minimum Gasteiger partial charge on any atom is -0.493 e. The number of para-hydroxylation sites is 1. The van der Waals surface area contributed by atoms with Crippen LogP contribution in [0.1, 0.15) is 54.8 Å². The number of nitrogens with one attached hydrogen (secondary N) is 1. The van der Waals surface area contributed by atoms with Crippen molar-refractivity contribution in [1.29, 1.82) is 0 Å². The minimum atomic E-state index is 0.105. The normalized spacial score (nSPS) is 17.9. The van der Waals surface area contributed by atoms with Gasteiger partial charge in [-0.05, 0) is 79.3 Å². The number of aryl methyl sites for hydroxylation is 1. The topological polar surface area (TPSA) is 54.6 Å². The molecule has 2 aromatic carbocycles.